The molecular formula is C11H22O2. The molecule has 0 aromatic heterocycles. The number of methoxy groups -OCH3 is 1. The van der Waals surface area contributed by atoms with Crippen LogP contribution < -0.4 is 0 Å². The van der Waals surface area contributed by atoms with Gasteiger partial charge in [-0.05, 0) is 24.7 Å². The van der Waals surface area contributed by atoms with E-state index in [-0.39, 0.29) is 0 Å². The van der Waals surface area contributed by atoms with Crippen LogP contribution in [0.3, 0.4) is 0 Å². The zero-order valence-electron chi connectivity index (χ0n) is 9.05. The average molecular weight is 186 g/mol. The lowest BCUT2D eigenvalue weighted by molar-refractivity contribution is -0.0925. The van der Waals surface area contributed by atoms with Gasteiger partial charge < -0.3 is 9.84 Å². The fourth-order valence-electron chi connectivity index (χ4n) is 2.38. The Labute approximate surface area is 81.3 Å². The van der Waals surface area contributed by atoms with Crippen LogP contribution >= 0.6 is 0 Å². The predicted molar refractivity (Wildman–Crippen MR) is 53.6 cm³/mol. The molecule has 0 heterocycles. The molecule has 1 fully saturated rings. The molecule has 1 unspecified atom stereocenters. The van der Waals surface area contributed by atoms with Crippen LogP contribution in [0.1, 0.15) is 39.5 Å². The van der Waals surface area contributed by atoms with Crippen molar-refractivity contribution in [2.75, 3.05) is 13.7 Å². The SMILES string of the molecule is CCC(CC)C(O)(COC)C1CC1. The summed E-state index contributed by atoms with van der Waals surface area (Å²) < 4.78 is 5.14. The first-order valence-electron chi connectivity index (χ1n) is 5.40. The van der Waals surface area contributed by atoms with Crippen molar-refractivity contribution in [1.29, 1.82) is 0 Å². The van der Waals surface area contributed by atoms with Crippen molar-refractivity contribution >= 4 is 0 Å². The summed E-state index contributed by atoms with van der Waals surface area (Å²) in [6.45, 7) is 4.80. The fourth-order valence-corrected chi connectivity index (χ4v) is 2.38. The van der Waals surface area contributed by atoms with E-state index >= 15 is 0 Å². The molecular weight excluding hydrogens is 164 g/mol. The van der Waals surface area contributed by atoms with Crippen molar-refractivity contribution in [2.24, 2.45) is 11.8 Å². The third-order valence-corrected chi connectivity index (χ3v) is 3.35. The van der Waals surface area contributed by atoms with Crippen LogP contribution in [0, 0.1) is 11.8 Å². The van der Waals surface area contributed by atoms with E-state index in [2.05, 4.69) is 13.8 Å². The molecule has 1 atom stereocenters. The average Bonchev–Trinajstić information content (AvgIpc) is 2.89. The van der Waals surface area contributed by atoms with Gasteiger partial charge in [0.2, 0.25) is 0 Å². The van der Waals surface area contributed by atoms with E-state index in [4.69, 9.17) is 4.74 Å². The molecule has 0 radical (unpaired) electrons. The van der Waals surface area contributed by atoms with Gasteiger partial charge in [-0.25, -0.2) is 0 Å². The summed E-state index contributed by atoms with van der Waals surface area (Å²) in [6, 6.07) is 0. The molecule has 0 aromatic carbocycles. The minimum absolute atomic E-state index is 0.403. The molecule has 13 heavy (non-hydrogen) atoms. The first kappa shape index (κ1) is 11.0. The Morgan fingerprint density at radius 2 is 1.92 bits per heavy atom. The molecule has 0 bridgehead atoms. The number of rotatable bonds is 6. The highest BCUT2D eigenvalue weighted by Crippen LogP contribution is 2.45. The summed E-state index contributed by atoms with van der Waals surface area (Å²) in [5, 5.41) is 10.5. The van der Waals surface area contributed by atoms with Gasteiger partial charge in [0.25, 0.3) is 0 Å². The smallest absolute Gasteiger partial charge is 0.0935 e. The largest absolute Gasteiger partial charge is 0.387 e. The molecule has 2 nitrogen and oxygen atoms in total. The Morgan fingerprint density at radius 3 is 2.23 bits per heavy atom. The quantitative estimate of drug-likeness (QED) is 0.689. The second kappa shape index (κ2) is 4.43. The molecule has 0 aliphatic heterocycles. The van der Waals surface area contributed by atoms with Crippen LogP contribution in [0.4, 0.5) is 0 Å². The summed E-state index contributed by atoms with van der Waals surface area (Å²) in [5.74, 6) is 0.900. The van der Waals surface area contributed by atoms with Gasteiger partial charge in [-0.15, -0.1) is 0 Å². The highest BCUT2D eigenvalue weighted by atomic mass is 16.5. The second-order valence-corrected chi connectivity index (χ2v) is 4.21. The van der Waals surface area contributed by atoms with Crippen LogP contribution in [-0.4, -0.2) is 24.4 Å². The zero-order valence-corrected chi connectivity index (χ0v) is 9.05. The van der Waals surface area contributed by atoms with Crippen molar-refractivity contribution in [2.45, 2.75) is 45.1 Å². The molecule has 1 saturated carbocycles. The Bertz CT molecular complexity index is 150. The Hall–Kier alpha value is -0.0800. The van der Waals surface area contributed by atoms with E-state index in [0.29, 0.717) is 18.4 Å². The van der Waals surface area contributed by atoms with E-state index in [1.165, 1.54) is 12.8 Å². The minimum Gasteiger partial charge on any atom is -0.387 e. The summed E-state index contributed by atoms with van der Waals surface area (Å²) in [6.07, 6.45) is 4.45. The van der Waals surface area contributed by atoms with E-state index < -0.39 is 5.60 Å². The van der Waals surface area contributed by atoms with Crippen molar-refractivity contribution in [1.82, 2.24) is 0 Å². The lowest BCUT2D eigenvalue weighted by Gasteiger charge is -2.35. The molecule has 1 aliphatic rings. The normalized spacial score (nSPS) is 21.9. The molecule has 0 aromatic rings. The molecule has 1 N–H and O–H groups in total. The summed E-state index contributed by atoms with van der Waals surface area (Å²) in [4.78, 5) is 0. The van der Waals surface area contributed by atoms with Gasteiger partial charge in [-0.3, -0.25) is 0 Å². The van der Waals surface area contributed by atoms with E-state index in [1.54, 1.807) is 7.11 Å². The molecule has 2 heteroatoms. The monoisotopic (exact) mass is 186 g/mol. The zero-order chi connectivity index (χ0) is 9.90. The first-order valence-corrected chi connectivity index (χ1v) is 5.40. The maximum absolute atomic E-state index is 10.5. The molecule has 0 amide bonds. The van der Waals surface area contributed by atoms with Crippen LogP contribution in [0.25, 0.3) is 0 Å². The van der Waals surface area contributed by atoms with Crippen molar-refractivity contribution in [3.63, 3.8) is 0 Å². The number of hydrogen-bond donors (Lipinski definition) is 1. The van der Waals surface area contributed by atoms with Gasteiger partial charge in [0.1, 0.15) is 0 Å². The Balaban J connectivity index is 2.62. The van der Waals surface area contributed by atoms with Crippen molar-refractivity contribution in [3.05, 3.63) is 0 Å². The topological polar surface area (TPSA) is 29.5 Å². The van der Waals surface area contributed by atoms with Crippen molar-refractivity contribution < 1.29 is 9.84 Å². The lowest BCUT2D eigenvalue weighted by Crippen LogP contribution is -2.44. The van der Waals surface area contributed by atoms with Crippen LogP contribution in [0.2, 0.25) is 0 Å². The number of aliphatic hydroxyl groups is 1. The van der Waals surface area contributed by atoms with Crippen LogP contribution in [0.15, 0.2) is 0 Å². The highest BCUT2D eigenvalue weighted by molar-refractivity contribution is 4.98. The van der Waals surface area contributed by atoms with Gasteiger partial charge >= 0.3 is 0 Å². The molecule has 0 saturated heterocycles. The Morgan fingerprint density at radius 1 is 1.38 bits per heavy atom. The van der Waals surface area contributed by atoms with Gasteiger partial charge in [0.05, 0.1) is 12.2 Å². The Kier molecular flexibility index (Phi) is 3.74. The summed E-state index contributed by atoms with van der Waals surface area (Å²) in [5.41, 5.74) is -0.543. The van der Waals surface area contributed by atoms with Crippen LogP contribution in [0.5, 0.6) is 0 Å². The second-order valence-electron chi connectivity index (χ2n) is 4.21. The first-order chi connectivity index (χ1) is 6.19. The fraction of sp³-hybridized carbons (Fsp3) is 1.00. The maximum atomic E-state index is 10.5. The van der Waals surface area contributed by atoms with E-state index in [0.717, 1.165) is 12.8 Å². The van der Waals surface area contributed by atoms with E-state index in [9.17, 15) is 5.11 Å². The third-order valence-electron chi connectivity index (χ3n) is 3.35. The standard InChI is InChI=1S/C11H22O2/c1-4-9(5-2)11(12,8-13-3)10-6-7-10/h9-10,12H,4-8H2,1-3H3. The lowest BCUT2D eigenvalue weighted by atomic mass is 9.80. The maximum Gasteiger partial charge on any atom is 0.0935 e. The van der Waals surface area contributed by atoms with Gasteiger partial charge in [-0.1, -0.05) is 26.7 Å². The summed E-state index contributed by atoms with van der Waals surface area (Å²) >= 11 is 0. The number of hydrogen-bond acceptors (Lipinski definition) is 2. The van der Waals surface area contributed by atoms with Gasteiger partial charge in [0.15, 0.2) is 0 Å². The highest BCUT2D eigenvalue weighted by Gasteiger charge is 2.47. The number of ether oxygens (including phenoxy) is 1. The van der Waals surface area contributed by atoms with Crippen molar-refractivity contribution in [3.8, 4) is 0 Å². The minimum atomic E-state index is -0.543. The summed E-state index contributed by atoms with van der Waals surface area (Å²) in [7, 11) is 1.68. The molecule has 1 aliphatic carbocycles. The third kappa shape index (κ3) is 2.23. The van der Waals surface area contributed by atoms with Gasteiger partial charge in [0, 0.05) is 7.11 Å². The molecule has 78 valence electrons. The molecule has 1 rings (SSSR count). The van der Waals surface area contributed by atoms with E-state index in [1.807, 2.05) is 0 Å². The molecule has 0 spiro atoms. The van der Waals surface area contributed by atoms with Crippen LogP contribution in [-0.2, 0) is 4.74 Å². The van der Waals surface area contributed by atoms with Gasteiger partial charge in [-0.2, -0.15) is 0 Å². The predicted octanol–water partition coefficient (Wildman–Crippen LogP) is 2.21.